The fourth-order valence-corrected chi connectivity index (χ4v) is 2.18. The smallest absolute Gasteiger partial charge is 0.000814 e. The number of nitrogens with two attached hydrogens (primary N) is 1. The molecule has 1 heteroatoms. The second kappa shape index (κ2) is 6.70. The molecule has 16 heavy (non-hydrogen) atoms. The zero-order chi connectivity index (χ0) is 12.0. The van der Waals surface area contributed by atoms with Crippen molar-refractivity contribution < 1.29 is 0 Å². The minimum absolute atomic E-state index is 0.524. The van der Waals surface area contributed by atoms with E-state index < -0.39 is 0 Å². The van der Waals surface area contributed by atoms with Gasteiger partial charge in [0.25, 0.3) is 0 Å². The molecule has 0 aliphatic carbocycles. The van der Waals surface area contributed by atoms with E-state index in [4.69, 9.17) is 5.73 Å². The molecule has 0 amide bonds. The van der Waals surface area contributed by atoms with Crippen LogP contribution in [0.3, 0.4) is 0 Å². The molecule has 90 valence electrons. The van der Waals surface area contributed by atoms with Gasteiger partial charge in [-0.05, 0) is 42.3 Å². The highest BCUT2D eigenvalue weighted by molar-refractivity contribution is 5.25. The van der Waals surface area contributed by atoms with Gasteiger partial charge in [-0.1, -0.05) is 51.5 Å². The van der Waals surface area contributed by atoms with E-state index in [1.807, 2.05) is 0 Å². The molecule has 0 bridgehead atoms. The Labute approximate surface area is 100 Å². The third-order valence-corrected chi connectivity index (χ3v) is 3.03. The van der Waals surface area contributed by atoms with Gasteiger partial charge in [-0.2, -0.15) is 0 Å². The summed E-state index contributed by atoms with van der Waals surface area (Å²) >= 11 is 0. The van der Waals surface area contributed by atoms with E-state index in [0.717, 1.165) is 6.54 Å². The monoisotopic (exact) mass is 219 g/mol. The zero-order valence-corrected chi connectivity index (χ0v) is 10.9. The van der Waals surface area contributed by atoms with Crippen molar-refractivity contribution in [2.45, 2.75) is 46.0 Å². The summed E-state index contributed by atoms with van der Waals surface area (Å²) in [5, 5.41) is 0. The van der Waals surface area contributed by atoms with Gasteiger partial charge in [0.2, 0.25) is 0 Å². The molecule has 0 saturated heterocycles. The molecule has 1 nitrogen and oxygen atoms in total. The first kappa shape index (κ1) is 13.2. The predicted octanol–water partition coefficient (Wildman–Crippen LogP) is 3.73. The molecule has 0 heterocycles. The quantitative estimate of drug-likeness (QED) is 0.775. The summed E-state index contributed by atoms with van der Waals surface area (Å²) in [7, 11) is 0. The fraction of sp³-hybridized carbons (Fsp3) is 0.600. The lowest BCUT2D eigenvalue weighted by atomic mass is 9.90. The largest absolute Gasteiger partial charge is 0.330 e. The van der Waals surface area contributed by atoms with Crippen LogP contribution >= 0.6 is 0 Å². The van der Waals surface area contributed by atoms with Gasteiger partial charge in [-0.15, -0.1) is 0 Å². The van der Waals surface area contributed by atoms with Crippen LogP contribution in [0.25, 0.3) is 0 Å². The van der Waals surface area contributed by atoms with Crippen LogP contribution in [0.2, 0.25) is 0 Å². The summed E-state index contributed by atoms with van der Waals surface area (Å²) in [6, 6.07) is 9.01. The summed E-state index contributed by atoms with van der Waals surface area (Å²) < 4.78 is 0. The lowest BCUT2D eigenvalue weighted by molar-refractivity contribution is 0.504. The Bertz CT molecular complexity index is 287. The van der Waals surface area contributed by atoms with Crippen molar-refractivity contribution in [3.8, 4) is 0 Å². The molecule has 1 atom stereocenters. The predicted molar refractivity (Wildman–Crippen MR) is 71.7 cm³/mol. The third kappa shape index (κ3) is 3.97. The van der Waals surface area contributed by atoms with Crippen molar-refractivity contribution >= 4 is 0 Å². The average Bonchev–Trinajstić information content (AvgIpc) is 2.27. The zero-order valence-electron chi connectivity index (χ0n) is 10.9. The summed E-state index contributed by atoms with van der Waals surface area (Å²) in [6.07, 6.45) is 3.58. The number of aryl methyl sites for hydroxylation is 1. The highest BCUT2D eigenvalue weighted by Gasteiger charge is 2.11. The third-order valence-electron chi connectivity index (χ3n) is 3.03. The van der Waals surface area contributed by atoms with Crippen LogP contribution in [-0.4, -0.2) is 6.54 Å². The van der Waals surface area contributed by atoms with Gasteiger partial charge in [-0.3, -0.25) is 0 Å². The lowest BCUT2D eigenvalue weighted by Crippen LogP contribution is -2.14. The van der Waals surface area contributed by atoms with Gasteiger partial charge >= 0.3 is 0 Å². The van der Waals surface area contributed by atoms with E-state index in [2.05, 4.69) is 45.0 Å². The summed E-state index contributed by atoms with van der Waals surface area (Å²) in [5.74, 6) is 1.24. The van der Waals surface area contributed by atoms with Gasteiger partial charge in [0.05, 0.1) is 0 Å². The maximum Gasteiger partial charge on any atom is -0.000814 e. The van der Waals surface area contributed by atoms with Crippen molar-refractivity contribution in [1.29, 1.82) is 0 Å². The maximum absolute atomic E-state index is 5.85. The van der Waals surface area contributed by atoms with Crippen molar-refractivity contribution in [2.75, 3.05) is 6.54 Å². The highest BCUT2D eigenvalue weighted by Crippen LogP contribution is 2.23. The molecule has 1 aromatic carbocycles. The number of benzene rings is 1. The standard InChI is InChI=1S/C15H25N/c1-4-5-13-6-8-14(9-7-13)15(11-16)10-12(2)3/h6-9,12,15H,4-5,10-11,16H2,1-3H3. The Hall–Kier alpha value is -0.820. The van der Waals surface area contributed by atoms with E-state index in [1.165, 1.54) is 30.4 Å². The van der Waals surface area contributed by atoms with Crippen LogP contribution in [0.15, 0.2) is 24.3 Å². The second-order valence-electron chi connectivity index (χ2n) is 5.05. The van der Waals surface area contributed by atoms with E-state index in [-0.39, 0.29) is 0 Å². The average molecular weight is 219 g/mol. The Morgan fingerprint density at radius 1 is 1.12 bits per heavy atom. The summed E-state index contributed by atoms with van der Waals surface area (Å²) in [6.45, 7) is 7.49. The Kier molecular flexibility index (Phi) is 5.54. The Balaban J connectivity index is 2.70. The number of hydrogen-bond acceptors (Lipinski definition) is 1. The molecule has 0 radical (unpaired) electrons. The minimum Gasteiger partial charge on any atom is -0.330 e. The van der Waals surface area contributed by atoms with Crippen molar-refractivity contribution in [1.82, 2.24) is 0 Å². The molecule has 1 rings (SSSR count). The SMILES string of the molecule is CCCc1ccc(C(CN)CC(C)C)cc1. The second-order valence-corrected chi connectivity index (χ2v) is 5.05. The van der Waals surface area contributed by atoms with E-state index in [9.17, 15) is 0 Å². The molecular weight excluding hydrogens is 194 g/mol. The van der Waals surface area contributed by atoms with Crippen LogP contribution in [0, 0.1) is 5.92 Å². The highest BCUT2D eigenvalue weighted by atomic mass is 14.5. The molecule has 0 saturated carbocycles. The lowest BCUT2D eigenvalue weighted by Gasteiger charge is -2.17. The van der Waals surface area contributed by atoms with Crippen molar-refractivity contribution in [2.24, 2.45) is 11.7 Å². The van der Waals surface area contributed by atoms with Crippen LogP contribution in [0.4, 0.5) is 0 Å². The summed E-state index contributed by atoms with van der Waals surface area (Å²) in [4.78, 5) is 0. The minimum atomic E-state index is 0.524. The molecule has 2 N–H and O–H groups in total. The van der Waals surface area contributed by atoms with E-state index >= 15 is 0 Å². The number of hydrogen-bond donors (Lipinski definition) is 1. The summed E-state index contributed by atoms with van der Waals surface area (Å²) in [5.41, 5.74) is 8.69. The van der Waals surface area contributed by atoms with Crippen LogP contribution < -0.4 is 5.73 Å². The topological polar surface area (TPSA) is 26.0 Å². The van der Waals surface area contributed by atoms with Crippen molar-refractivity contribution in [3.05, 3.63) is 35.4 Å². The first-order valence-electron chi connectivity index (χ1n) is 6.46. The first-order valence-corrected chi connectivity index (χ1v) is 6.46. The van der Waals surface area contributed by atoms with E-state index in [0.29, 0.717) is 11.8 Å². The molecule has 1 aromatic rings. The fourth-order valence-electron chi connectivity index (χ4n) is 2.18. The van der Waals surface area contributed by atoms with Crippen molar-refractivity contribution in [3.63, 3.8) is 0 Å². The van der Waals surface area contributed by atoms with Gasteiger partial charge in [-0.25, -0.2) is 0 Å². The van der Waals surface area contributed by atoms with Gasteiger partial charge in [0, 0.05) is 0 Å². The van der Waals surface area contributed by atoms with E-state index in [1.54, 1.807) is 0 Å². The molecule has 0 aliphatic heterocycles. The molecule has 0 fully saturated rings. The maximum atomic E-state index is 5.85. The molecule has 0 spiro atoms. The van der Waals surface area contributed by atoms with Gasteiger partial charge in [0.15, 0.2) is 0 Å². The van der Waals surface area contributed by atoms with Crippen LogP contribution in [0.5, 0.6) is 0 Å². The van der Waals surface area contributed by atoms with Gasteiger partial charge in [0.1, 0.15) is 0 Å². The van der Waals surface area contributed by atoms with Gasteiger partial charge < -0.3 is 5.73 Å². The normalized spacial score (nSPS) is 13.1. The first-order chi connectivity index (χ1) is 7.67. The molecular formula is C15H25N. The number of rotatable bonds is 6. The molecule has 0 aromatic heterocycles. The Morgan fingerprint density at radius 2 is 1.75 bits per heavy atom. The molecule has 1 unspecified atom stereocenters. The van der Waals surface area contributed by atoms with Crippen LogP contribution in [0.1, 0.15) is 50.7 Å². The van der Waals surface area contributed by atoms with Crippen LogP contribution in [-0.2, 0) is 6.42 Å². The Morgan fingerprint density at radius 3 is 2.19 bits per heavy atom. The molecule has 0 aliphatic rings.